The molecule has 5 heteroatoms. The molecular weight excluding hydrogens is 284 g/mol. The fourth-order valence-corrected chi connectivity index (χ4v) is 1.99. The van der Waals surface area contributed by atoms with Crippen LogP contribution < -0.4 is 14.2 Å². The molecule has 2 rings (SSSR count). The van der Waals surface area contributed by atoms with Gasteiger partial charge in [0.2, 0.25) is 0 Å². The van der Waals surface area contributed by atoms with Crippen molar-refractivity contribution in [2.24, 2.45) is 0 Å². The van der Waals surface area contributed by atoms with E-state index in [9.17, 15) is 9.90 Å². The molecule has 1 N–H and O–H groups in total. The Balaban J connectivity index is 2.10. The number of carboxylic acids is 1. The maximum absolute atomic E-state index is 11.4. The van der Waals surface area contributed by atoms with E-state index in [0.29, 0.717) is 11.5 Å². The maximum atomic E-state index is 11.4. The molecular formula is C17H18O5. The summed E-state index contributed by atoms with van der Waals surface area (Å²) in [6.45, 7) is 0. The summed E-state index contributed by atoms with van der Waals surface area (Å²) in [6.07, 6.45) is -0.711. The second-order valence-corrected chi connectivity index (χ2v) is 4.68. The third-order valence-electron chi connectivity index (χ3n) is 3.18. The molecule has 0 fully saturated rings. The quantitative estimate of drug-likeness (QED) is 0.852. The van der Waals surface area contributed by atoms with Gasteiger partial charge in [-0.1, -0.05) is 18.2 Å². The lowest BCUT2D eigenvalue weighted by Gasteiger charge is -2.16. The Hall–Kier alpha value is -2.69. The first-order chi connectivity index (χ1) is 10.6. The third kappa shape index (κ3) is 4.15. The number of aliphatic carboxylic acids is 1. The predicted molar refractivity (Wildman–Crippen MR) is 81.7 cm³/mol. The number of hydrogen-bond donors (Lipinski definition) is 1. The molecule has 0 aliphatic rings. The molecule has 1 unspecified atom stereocenters. The van der Waals surface area contributed by atoms with Crippen molar-refractivity contribution in [2.45, 2.75) is 12.5 Å². The van der Waals surface area contributed by atoms with Gasteiger partial charge in [-0.15, -0.1) is 0 Å². The van der Waals surface area contributed by atoms with Crippen LogP contribution in [0.15, 0.2) is 48.5 Å². The van der Waals surface area contributed by atoms with Crippen molar-refractivity contribution in [3.05, 3.63) is 54.1 Å². The normalized spacial score (nSPS) is 11.5. The van der Waals surface area contributed by atoms with Crippen LogP contribution in [0.3, 0.4) is 0 Å². The molecule has 0 saturated carbocycles. The summed E-state index contributed by atoms with van der Waals surface area (Å²) in [6, 6.07) is 14.1. The lowest BCUT2D eigenvalue weighted by atomic mass is 10.1. The summed E-state index contributed by atoms with van der Waals surface area (Å²) in [5.41, 5.74) is 0.857. The molecule has 0 radical (unpaired) electrons. The second-order valence-electron chi connectivity index (χ2n) is 4.68. The zero-order valence-corrected chi connectivity index (χ0v) is 12.5. The lowest BCUT2D eigenvalue weighted by molar-refractivity contribution is -0.145. The number of carbonyl (C=O) groups is 1. The molecule has 0 aliphatic heterocycles. The minimum Gasteiger partial charge on any atom is -0.497 e. The van der Waals surface area contributed by atoms with Gasteiger partial charge in [-0.05, 0) is 29.8 Å². The Morgan fingerprint density at radius 1 is 1.00 bits per heavy atom. The smallest absolute Gasteiger partial charge is 0.345 e. The van der Waals surface area contributed by atoms with Crippen LogP contribution >= 0.6 is 0 Å². The summed E-state index contributed by atoms with van der Waals surface area (Å²) in [4.78, 5) is 11.4. The van der Waals surface area contributed by atoms with Crippen LogP contribution in [-0.4, -0.2) is 31.4 Å². The first-order valence-corrected chi connectivity index (χ1v) is 6.79. The van der Waals surface area contributed by atoms with E-state index in [4.69, 9.17) is 14.2 Å². The van der Waals surface area contributed by atoms with Gasteiger partial charge in [0.25, 0.3) is 0 Å². The van der Waals surface area contributed by atoms with E-state index in [-0.39, 0.29) is 6.42 Å². The fourth-order valence-electron chi connectivity index (χ4n) is 1.99. The number of ether oxygens (including phenoxy) is 3. The molecule has 2 aromatic rings. The predicted octanol–water partition coefficient (Wildman–Crippen LogP) is 2.78. The van der Waals surface area contributed by atoms with Gasteiger partial charge in [-0.3, -0.25) is 0 Å². The minimum absolute atomic E-state index is 0.260. The van der Waals surface area contributed by atoms with Crippen molar-refractivity contribution >= 4 is 5.97 Å². The molecule has 0 aromatic heterocycles. The van der Waals surface area contributed by atoms with Crippen LogP contribution in [0.2, 0.25) is 0 Å². The summed E-state index contributed by atoms with van der Waals surface area (Å²) >= 11 is 0. The molecule has 0 saturated heterocycles. The van der Waals surface area contributed by atoms with Crippen molar-refractivity contribution in [3.8, 4) is 17.2 Å². The SMILES string of the molecule is COc1ccc(CC(Oc2cccc(OC)c2)C(=O)O)cc1. The van der Waals surface area contributed by atoms with Gasteiger partial charge in [0, 0.05) is 12.5 Å². The summed E-state index contributed by atoms with van der Waals surface area (Å²) in [5, 5.41) is 9.34. The zero-order valence-electron chi connectivity index (χ0n) is 12.5. The first-order valence-electron chi connectivity index (χ1n) is 6.79. The number of carboxylic acid groups (broad SMARTS) is 1. The van der Waals surface area contributed by atoms with E-state index in [1.54, 1.807) is 50.6 Å². The first kappa shape index (κ1) is 15.7. The molecule has 1 atom stereocenters. The van der Waals surface area contributed by atoms with Crippen molar-refractivity contribution < 1.29 is 24.1 Å². The molecule has 5 nitrogen and oxygen atoms in total. The largest absolute Gasteiger partial charge is 0.497 e. The molecule has 0 amide bonds. The van der Waals surface area contributed by atoms with Gasteiger partial charge in [0.05, 0.1) is 14.2 Å². The highest BCUT2D eigenvalue weighted by Gasteiger charge is 2.20. The highest BCUT2D eigenvalue weighted by atomic mass is 16.5. The van der Waals surface area contributed by atoms with Crippen LogP contribution in [0, 0.1) is 0 Å². The standard InChI is InChI=1S/C17H18O5/c1-20-13-8-6-12(7-9-13)10-16(17(18)19)22-15-5-3-4-14(11-15)21-2/h3-9,11,16H,10H2,1-2H3,(H,18,19). The molecule has 22 heavy (non-hydrogen) atoms. The Morgan fingerprint density at radius 3 is 2.23 bits per heavy atom. The summed E-state index contributed by atoms with van der Waals surface area (Å²) < 4.78 is 15.7. The molecule has 0 spiro atoms. The van der Waals surface area contributed by atoms with Crippen molar-refractivity contribution in [3.63, 3.8) is 0 Å². The van der Waals surface area contributed by atoms with Gasteiger partial charge in [-0.2, -0.15) is 0 Å². The third-order valence-corrected chi connectivity index (χ3v) is 3.18. The lowest BCUT2D eigenvalue weighted by Crippen LogP contribution is -2.29. The number of hydrogen-bond acceptors (Lipinski definition) is 4. The number of benzene rings is 2. The van der Waals surface area contributed by atoms with Crippen LogP contribution in [-0.2, 0) is 11.2 Å². The van der Waals surface area contributed by atoms with Gasteiger partial charge in [0.15, 0.2) is 6.10 Å². The van der Waals surface area contributed by atoms with Gasteiger partial charge in [0.1, 0.15) is 17.2 Å². The second kappa shape index (κ2) is 7.36. The van der Waals surface area contributed by atoms with Crippen LogP contribution in [0.5, 0.6) is 17.2 Å². The molecule has 0 heterocycles. The topological polar surface area (TPSA) is 65.0 Å². The summed E-state index contributed by atoms with van der Waals surface area (Å²) in [5.74, 6) is 0.786. The van der Waals surface area contributed by atoms with E-state index >= 15 is 0 Å². The Bertz CT molecular complexity index is 621. The van der Waals surface area contributed by atoms with Crippen molar-refractivity contribution in [1.29, 1.82) is 0 Å². The van der Waals surface area contributed by atoms with Crippen LogP contribution in [0.25, 0.3) is 0 Å². The van der Waals surface area contributed by atoms with Crippen molar-refractivity contribution in [2.75, 3.05) is 14.2 Å². The number of methoxy groups -OCH3 is 2. The Labute approximate surface area is 129 Å². The number of rotatable bonds is 7. The Kier molecular flexibility index (Phi) is 5.25. The highest BCUT2D eigenvalue weighted by molar-refractivity contribution is 5.73. The van der Waals surface area contributed by atoms with E-state index in [2.05, 4.69) is 0 Å². The maximum Gasteiger partial charge on any atom is 0.345 e. The Morgan fingerprint density at radius 2 is 1.64 bits per heavy atom. The summed E-state index contributed by atoms with van der Waals surface area (Å²) in [7, 11) is 3.13. The van der Waals surface area contributed by atoms with E-state index < -0.39 is 12.1 Å². The molecule has 0 aliphatic carbocycles. The van der Waals surface area contributed by atoms with Gasteiger partial charge >= 0.3 is 5.97 Å². The highest BCUT2D eigenvalue weighted by Crippen LogP contribution is 2.21. The monoisotopic (exact) mass is 302 g/mol. The zero-order chi connectivity index (χ0) is 15.9. The molecule has 2 aromatic carbocycles. The van der Waals surface area contributed by atoms with Gasteiger partial charge in [-0.25, -0.2) is 4.79 Å². The van der Waals surface area contributed by atoms with Crippen LogP contribution in [0.4, 0.5) is 0 Å². The fraction of sp³-hybridized carbons (Fsp3) is 0.235. The average molecular weight is 302 g/mol. The van der Waals surface area contributed by atoms with E-state index in [1.807, 2.05) is 12.1 Å². The van der Waals surface area contributed by atoms with Crippen molar-refractivity contribution in [1.82, 2.24) is 0 Å². The van der Waals surface area contributed by atoms with Crippen LogP contribution in [0.1, 0.15) is 5.56 Å². The van der Waals surface area contributed by atoms with E-state index in [1.165, 1.54) is 0 Å². The minimum atomic E-state index is -1.02. The van der Waals surface area contributed by atoms with Gasteiger partial charge < -0.3 is 19.3 Å². The average Bonchev–Trinajstić information content (AvgIpc) is 2.55. The molecule has 0 bridgehead atoms. The molecule has 116 valence electrons. The van der Waals surface area contributed by atoms with E-state index in [0.717, 1.165) is 11.3 Å².